The zero-order valence-electron chi connectivity index (χ0n) is 40.3. The van der Waals surface area contributed by atoms with Gasteiger partial charge in [0.05, 0.1) is 22.4 Å². The van der Waals surface area contributed by atoms with Crippen molar-refractivity contribution in [1.82, 2.24) is 14.5 Å². The van der Waals surface area contributed by atoms with Gasteiger partial charge in [0.2, 0.25) is 0 Å². The van der Waals surface area contributed by atoms with Crippen LogP contribution in [0.3, 0.4) is 0 Å². The number of para-hydroxylation sites is 3. The van der Waals surface area contributed by atoms with Crippen LogP contribution in [0.25, 0.3) is 83.6 Å². The number of imidazole rings is 1. The predicted octanol–water partition coefficient (Wildman–Crippen LogP) is 15.6. The molecular formula is C60H59IrN3OSi2-2. The number of hydrogen-bond acceptors (Lipinski definition) is 3. The van der Waals surface area contributed by atoms with E-state index in [0.29, 0.717) is 0 Å². The zero-order valence-corrected chi connectivity index (χ0v) is 44.7. The maximum absolute atomic E-state index is 6.77. The van der Waals surface area contributed by atoms with E-state index in [1.807, 2.05) is 24.4 Å². The summed E-state index contributed by atoms with van der Waals surface area (Å²) in [6, 6.07) is 63.0. The summed E-state index contributed by atoms with van der Waals surface area (Å²) in [6.45, 7) is 23.4. The van der Waals surface area contributed by atoms with Gasteiger partial charge in [-0.15, -0.1) is 52.3 Å². The monoisotopic (exact) mass is 1090 g/mol. The van der Waals surface area contributed by atoms with Gasteiger partial charge in [-0.1, -0.05) is 175 Å². The first-order chi connectivity index (χ1) is 31.7. The number of pyridine rings is 1. The predicted molar refractivity (Wildman–Crippen MR) is 286 cm³/mol. The number of hydrogen-bond donors (Lipinski definition) is 0. The summed E-state index contributed by atoms with van der Waals surface area (Å²) in [5, 5.41) is 5.16. The van der Waals surface area contributed by atoms with E-state index in [-0.39, 0.29) is 31.9 Å². The number of fused-ring (bicyclic) bond motifs is 4. The van der Waals surface area contributed by atoms with Crippen LogP contribution in [0.5, 0.6) is 0 Å². The topological polar surface area (TPSA) is 43.9 Å². The molecule has 0 bridgehead atoms. The van der Waals surface area contributed by atoms with Crippen LogP contribution in [-0.2, 0) is 20.1 Å². The van der Waals surface area contributed by atoms with Crippen LogP contribution in [-0.4, -0.2) is 30.7 Å². The molecule has 1 radical (unpaired) electrons. The number of rotatable bonds is 9. The third-order valence-electron chi connectivity index (χ3n) is 12.6. The second-order valence-electron chi connectivity index (χ2n) is 20.1. The summed E-state index contributed by atoms with van der Waals surface area (Å²) in [6.07, 6.45) is 1.82. The molecule has 0 atom stereocenters. The van der Waals surface area contributed by atoms with Gasteiger partial charge in [-0.25, -0.2) is 0 Å². The van der Waals surface area contributed by atoms with E-state index in [1.54, 1.807) is 0 Å². The molecule has 0 aliphatic heterocycles. The first-order valence-corrected chi connectivity index (χ1v) is 30.3. The molecule has 0 aliphatic rings. The van der Waals surface area contributed by atoms with Gasteiger partial charge in [0, 0.05) is 53.5 Å². The fraction of sp³-hybridized carbons (Fsp3) is 0.200. The molecule has 0 saturated carbocycles. The molecule has 10 aromatic rings. The number of benzene rings is 7. The zero-order chi connectivity index (χ0) is 46.3. The molecule has 0 amide bonds. The fourth-order valence-electron chi connectivity index (χ4n) is 8.99. The number of aromatic nitrogens is 3. The van der Waals surface area contributed by atoms with Crippen molar-refractivity contribution in [3.8, 4) is 50.6 Å². The molecule has 67 heavy (non-hydrogen) atoms. The minimum atomic E-state index is -1.74. The van der Waals surface area contributed by atoms with Gasteiger partial charge in [0.15, 0.2) is 0 Å². The smallest absolute Gasteiger partial charge is 0.120 e. The van der Waals surface area contributed by atoms with Crippen LogP contribution in [0, 0.1) is 12.1 Å². The molecule has 7 aromatic carbocycles. The van der Waals surface area contributed by atoms with Gasteiger partial charge in [-0.2, -0.15) is 0 Å². The Morgan fingerprint density at radius 2 is 1.19 bits per heavy atom. The first-order valence-electron chi connectivity index (χ1n) is 23.3. The minimum Gasteiger partial charge on any atom is -0.501 e. The third kappa shape index (κ3) is 9.62. The molecule has 0 aliphatic carbocycles. The molecule has 3 heterocycles. The maximum Gasteiger partial charge on any atom is 0.120 e. The summed E-state index contributed by atoms with van der Waals surface area (Å²) in [5.74, 6) is 1.40. The standard InChI is InChI=1S/C46H43N2OSi.C14H16NSi.Ir/c1-29(2)37-27-34(33-23-21-32(22-24-33)31-15-9-8-10-16-31)28-38(30(3)4)44(37)48-40-19-13-12-18-39(40)47-46(48)36-25-26-42(50(5,6)7)43-35-17-11-14-20-41(35)49-45(36)43;1-16(2,3)13-9-7-12(8-10-13)14-6-4-5-11-15-14;/h8-24,26-30H,1-7H3;4-7,9-11H,1-3H3;/q2*-1;. The number of furan rings is 1. The molecule has 3 aromatic heterocycles. The van der Waals surface area contributed by atoms with Crippen molar-refractivity contribution >= 4 is 59.5 Å². The molecule has 0 saturated heterocycles. The summed E-state index contributed by atoms with van der Waals surface area (Å²) in [5.41, 5.74) is 15.5. The van der Waals surface area contributed by atoms with Gasteiger partial charge in [-0.05, 0) is 87.3 Å². The Kier molecular flexibility index (Phi) is 13.7. The van der Waals surface area contributed by atoms with Gasteiger partial charge < -0.3 is 14.0 Å². The van der Waals surface area contributed by atoms with Gasteiger partial charge in [-0.3, -0.25) is 4.98 Å². The van der Waals surface area contributed by atoms with Crippen molar-refractivity contribution in [1.29, 1.82) is 0 Å². The summed E-state index contributed by atoms with van der Waals surface area (Å²) >= 11 is 0. The van der Waals surface area contributed by atoms with Crippen LogP contribution in [0.15, 0.2) is 168 Å². The van der Waals surface area contributed by atoms with E-state index in [1.165, 1.54) is 54.8 Å². The average Bonchev–Trinajstić information content (AvgIpc) is 3.90. The minimum absolute atomic E-state index is 0. The molecule has 0 spiro atoms. The van der Waals surface area contributed by atoms with E-state index >= 15 is 0 Å². The molecule has 0 unspecified atom stereocenters. The van der Waals surface area contributed by atoms with Crippen molar-refractivity contribution in [3.63, 3.8) is 0 Å². The Labute approximate surface area is 412 Å². The van der Waals surface area contributed by atoms with E-state index < -0.39 is 16.1 Å². The van der Waals surface area contributed by atoms with Crippen molar-refractivity contribution in [2.75, 3.05) is 0 Å². The van der Waals surface area contributed by atoms with E-state index in [9.17, 15) is 0 Å². The molecule has 10 rings (SSSR count). The quantitative estimate of drug-likeness (QED) is 0.107. The van der Waals surface area contributed by atoms with Crippen molar-refractivity contribution in [3.05, 3.63) is 187 Å². The Morgan fingerprint density at radius 3 is 1.81 bits per heavy atom. The molecule has 0 fully saturated rings. The Balaban J connectivity index is 0.000000303. The van der Waals surface area contributed by atoms with Gasteiger partial charge in [0.25, 0.3) is 0 Å². The number of nitrogens with zero attached hydrogens (tertiary/aromatic N) is 3. The molecule has 0 N–H and O–H groups in total. The molecule has 339 valence electrons. The maximum atomic E-state index is 6.77. The van der Waals surface area contributed by atoms with Crippen molar-refractivity contribution < 1.29 is 24.5 Å². The van der Waals surface area contributed by atoms with Crippen LogP contribution in [0.4, 0.5) is 0 Å². The Morgan fingerprint density at radius 1 is 0.582 bits per heavy atom. The van der Waals surface area contributed by atoms with E-state index in [4.69, 9.17) is 9.40 Å². The molecule has 7 heteroatoms. The Hall–Kier alpha value is -5.96. The first kappa shape index (κ1) is 47.5. The van der Waals surface area contributed by atoms with Crippen molar-refractivity contribution in [2.45, 2.75) is 78.8 Å². The molecule has 4 nitrogen and oxygen atoms in total. The van der Waals surface area contributed by atoms with Gasteiger partial charge in [0.1, 0.15) is 5.58 Å². The normalized spacial score (nSPS) is 11.9. The van der Waals surface area contributed by atoms with E-state index in [2.05, 4.69) is 228 Å². The summed E-state index contributed by atoms with van der Waals surface area (Å²) in [7, 11) is -2.95. The van der Waals surface area contributed by atoms with Crippen LogP contribution in [0.2, 0.25) is 39.3 Å². The van der Waals surface area contributed by atoms with Crippen LogP contribution in [0.1, 0.15) is 50.7 Å². The van der Waals surface area contributed by atoms with Crippen molar-refractivity contribution in [2.24, 2.45) is 0 Å². The van der Waals surface area contributed by atoms with Gasteiger partial charge >= 0.3 is 0 Å². The third-order valence-corrected chi connectivity index (χ3v) is 16.7. The largest absolute Gasteiger partial charge is 0.501 e. The second-order valence-corrected chi connectivity index (χ2v) is 30.2. The summed E-state index contributed by atoms with van der Waals surface area (Å²) < 4.78 is 9.17. The van der Waals surface area contributed by atoms with E-state index in [0.717, 1.165) is 50.2 Å². The second kappa shape index (κ2) is 19.3. The SMILES string of the molecule is CC(C)c1cc(-c2ccc(-c3ccccc3)cc2)cc(C(C)C)c1-n1c(-c2[c-]cc([Si](C)(C)C)c3c2oc2ccccc23)nc2ccccc21.C[Si](C)(C)c1c[c-]c(-c2ccccn2)cc1.[Ir]. The average molecular weight is 1090 g/mol. The fourth-order valence-corrected chi connectivity index (χ4v) is 11.6. The van der Waals surface area contributed by atoms with Crippen LogP contribution >= 0.6 is 0 Å². The summed E-state index contributed by atoms with van der Waals surface area (Å²) in [4.78, 5) is 9.70. The molecular weight excluding hydrogens is 1030 g/mol. The van der Waals surface area contributed by atoms with Crippen LogP contribution < -0.4 is 10.4 Å². The Bertz CT molecular complexity index is 3280.